The number of methoxy groups -OCH3 is 1. The number of carbonyl (C=O) groups is 1. The van der Waals surface area contributed by atoms with Gasteiger partial charge in [0.05, 0.1) is 12.7 Å². The fraction of sp³-hybridized carbons (Fsp3) is 0.471. The van der Waals surface area contributed by atoms with Crippen molar-refractivity contribution in [2.45, 2.75) is 33.3 Å². The Morgan fingerprint density at radius 2 is 1.95 bits per heavy atom. The second kappa shape index (κ2) is 7.27. The van der Waals surface area contributed by atoms with Crippen LogP contribution in [0, 0.1) is 5.92 Å². The zero-order valence-electron chi connectivity index (χ0n) is 13.4. The van der Waals surface area contributed by atoms with Crippen molar-refractivity contribution in [3.8, 4) is 5.75 Å². The molecule has 0 aliphatic carbocycles. The highest BCUT2D eigenvalue weighted by atomic mass is 16.5. The van der Waals surface area contributed by atoms with Gasteiger partial charge in [0.25, 0.3) is 0 Å². The molecule has 0 spiro atoms. The minimum atomic E-state index is -0.905. The quantitative estimate of drug-likeness (QED) is 0.792. The van der Waals surface area contributed by atoms with Crippen LogP contribution in [0.25, 0.3) is 5.57 Å². The molecular weight excluding hydrogens is 266 g/mol. The molecule has 1 aromatic carbocycles. The lowest BCUT2D eigenvalue weighted by atomic mass is 9.92. The van der Waals surface area contributed by atoms with Gasteiger partial charge in [-0.05, 0) is 43.0 Å². The van der Waals surface area contributed by atoms with E-state index in [1.807, 2.05) is 45.0 Å². The van der Waals surface area contributed by atoms with Crippen LogP contribution in [0.1, 0.15) is 33.3 Å². The summed E-state index contributed by atoms with van der Waals surface area (Å²) >= 11 is 0. The van der Waals surface area contributed by atoms with Crippen LogP contribution < -0.4 is 10.1 Å². The third kappa shape index (κ3) is 5.23. The highest BCUT2D eigenvalue weighted by Gasteiger charge is 2.24. The summed E-state index contributed by atoms with van der Waals surface area (Å²) in [5.74, 6) is 0.651. The lowest BCUT2D eigenvalue weighted by Gasteiger charge is -2.27. The van der Waals surface area contributed by atoms with E-state index in [0.717, 1.165) is 16.9 Å². The van der Waals surface area contributed by atoms with Crippen LogP contribution in [0.3, 0.4) is 0 Å². The molecule has 0 bridgehead atoms. The standard InChI is InChI=1S/C17H25NO3/c1-12(2)17(4,20)11-18-16(19)10-13(3)14-6-8-15(21-5)9-7-14/h6-10,12,20H,11H2,1-5H3,(H,18,19). The van der Waals surface area contributed by atoms with Crippen LogP contribution in [0.15, 0.2) is 30.3 Å². The van der Waals surface area contributed by atoms with E-state index in [0.29, 0.717) is 0 Å². The Bertz CT molecular complexity index is 501. The van der Waals surface area contributed by atoms with E-state index in [-0.39, 0.29) is 18.4 Å². The minimum Gasteiger partial charge on any atom is -0.497 e. The summed E-state index contributed by atoms with van der Waals surface area (Å²) in [5, 5.41) is 12.8. The van der Waals surface area contributed by atoms with Crippen molar-refractivity contribution in [3.63, 3.8) is 0 Å². The zero-order valence-corrected chi connectivity index (χ0v) is 13.4. The molecule has 1 rings (SSSR count). The Labute approximate surface area is 126 Å². The van der Waals surface area contributed by atoms with Crippen molar-refractivity contribution in [2.24, 2.45) is 5.92 Å². The van der Waals surface area contributed by atoms with Gasteiger partial charge in [0.1, 0.15) is 5.75 Å². The molecule has 0 heterocycles. The van der Waals surface area contributed by atoms with Crippen molar-refractivity contribution in [2.75, 3.05) is 13.7 Å². The van der Waals surface area contributed by atoms with Gasteiger partial charge in [0.2, 0.25) is 5.91 Å². The molecule has 1 aromatic rings. The highest BCUT2D eigenvalue weighted by Crippen LogP contribution is 2.18. The first-order chi connectivity index (χ1) is 9.76. The second-order valence-electron chi connectivity index (χ2n) is 5.79. The van der Waals surface area contributed by atoms with E-state index in [1.54, 1.807) is 14.0 Å². The number of aliphatic hydroxyl groups is 1. The molecule has 0 saturated carbocycles. The van der Waals surface area contributed by atoms with E-state index in [1.165, 1.54) is 6.08 Å². The molecule has 4 heteroatoms. The maximum absolute atomic E-state index is 11.9. The largest absolute Gasteiger partial charge is 0.497 e. The SMILES string of the molecule is COc1ccc(C(C)=CC(=O)NCC(C)(O)C(C)C)cc1. The van der Waals surface area contributed by atoms with Crippen molar-refractivity contribution in [3.05, 3.63) is 35.9 Å². The molecule has 1 amide bonds. The fourth-order valence-electron chi connectivity index (χ4n) is 1.66. The van der Waals surface area contributed by atoms with Crippen molar-refractivity contribution < 1.29 is 14.6 Å². The minimum absolute atomic E-state index is 0.0736. The van der Waals surface area contributed by atoms with Gasteiger partial charge in [-0.3, -0.25) is 4.79 Å². The van der Waals surface area contributed by atoms with Crippen LogP contribution in [0.4, 0.5) is 0 Å². The summed E-state index contributed by atoms with van der Waals surface area (Å²) in [6.45, 7) is 7.67. The number of hydrogen-bond acceptors (Lipinski definition) is 3. The zero-order chi connectivity index (χ0) is 16.0. The Balaban J connectivity index is 2.66. The second-order valence-corrected chi connectivity index (χ2v) is 5.79. The molecule has 0 aromatic heterocycles. The fourth-order valence-corrected chi connectivity index (χ4v) is 1.66. The summed E-state index contributed by atoms with van der Waals surface area (Å²) in [4.78, 5) is 11.9. The van der Waals surface area contributed by atoms with Gasteiger partial charge in [-0.1, -0.05) is 26.0 Å². The van der Waals surface area contributed by atoms with E-state index in [2.05, 4.69) is 5.32 Å². The van der Waals surface area contributed by atoms with Gasteiger partial charge < -0.3 is 15.2 Å². The molecule has 0 radical (unpaired) electrons. The summed E-state index contributed by atoms with van der Waals surface area (Å²) in [5.41, 5.74) is 0.915. The van der Waals surface area contributed by atoms with Gasteiger partial charge in [-0.25, -0.2) is 0 Å². The number of allylic oxidation sites excluding steroid dienone is 1. The van der Waals surface area contributed by atoms with E-state index >= 15 is 0 Å². The van der Waals surface area contributed by atoms with Crippen molar-refractivity contribution >= 4 is 11.5 Å². The molecule has 0 aliphatic rings. The van der Waals surface area contributed by atoms with Crippen LogP contribution >= 0.6 is 0 Å². The average molecular weight is 291 g/mol. The van der Waals surface area contributed by atoms with Crippen LogP contribution in [-0.4, -0.2) is 30.3 Å². The molecular formula is C17H25NO3. The molecule has 1 atom stereocenters. The Hall–Kier alpha value is -1.81. The Morgan fingerprint density at radius 3 is 2.43 bits per heavy atom. The number of nitrogens with one attached hydrogen (secondary N) is 1. The number of benzene rings is 1. The monoisotopic (exact) mass is 291 g/mol. The lowest BCUT2D eigenvalue weighted by Crippen LogP contribution is -2.43. The van der Waals surface area contributed by atoms with Crippen LogP contribution in [0.2, 0.25) is 0 Å². The van der Waals surface area contributed by atoms with Gasteiger partial charge in [-0.2, -0.15) is 0 Å². The van der Waals surface area contributed by atoms with E-state index in [9.17, 15) is 9.90 Å². The third-order valence-electron chi connectivity index (χ3n) is 3.76. The predicted molar refractivity (Wildman–Crippen MR) is 85.1 cm³/mol. The molecule has 0 saturated heterocycles. The third-order valence-corrected chi connectivity index (χ3v) is 3.76. The summed E-state index contributed by atoms with van der Waals surface area (Å²) in [6.07, 6.45) is 1.54. The Morgan fingerprint density at radius 1 is 1.38 bits per heavy atom. The van der Waals surface area contributed by atoms with Crippen LogP contribution in [-0.2, 0) is 4.79 Å². The molecule has 1 unspecified atom stereocenters. The smallest absolute Gasteiger partial charge is 0.244 e. The molecule has 2 N–H and O–H groups in total. The molecule has 21 heavy (non-hydrogen) atoms. The van der Waals surface area contributed by atoms with E-state index in [4.69, 9.17) is 4.74 Å². The first-order valence-electron chi connectivity index (χ1n) is 7.09. The van der Waals surface area contributed by atoms with Crippen molar-refractivity contribution in [1.29, 1.82) is 0 Å². The van der Waals surface area contributed by atoms with Crippen molar-refractivity contribution in [1.82, 2.24) is 5.32 Å². The number of hydrogen-bond donors (Lipinski definition) is 2. The average Bonchev–Trinajstić information content (AvgIpc) is 2.45. The lowest BCUT2D eigenvalue weighted by molar-refractivity contribution is -0.118. The Kier molecular flexibility index (Phi) is 5.97. The molecule has 4 nitrogen and oxygen atoms in total. The number of amides is 1. The van der Waals surface area contributed by atoms with Gasteiger partial charge in [-0.15, -0.1) is 0 Å². The first kappa shape index (κ1) is 17.2. The summed E-state index contributed by atoms with van der Waals surface area (Å²) < 4.78 is 5.10. The van der Waals surface area contributed by atoms with Gasteiger partial charge in [0.15, 0.2) is 0 Å². The molecule has 0 aliphatic heterocycles. The van der Waals surface area contributed by atoms with Crippen LogP contribution in [0.5, 0.6) is 5.75 Å². The molecule has 116 valence electrons. The maximum atomic E-state index is 11.9. The summed E-state index contributed by atoms with van der Waals surface area (Å²) in [7, 11) is 1.62. The molecule has 0 fully saturated rings. The normalized spacial score (nSPS) is 14.7. The summed E-state index contributed by atoms with van der Waals surface area (Å²) in [6, 6.07) is 7.52. The number of rotatable bonds is 6. The number of carbonyl (C=O) groups excluding carboxylic acids is 1. The van der Waals surface area contributed by atoms with Gasteiger partial charge in [0, 0.05) is 12.6 Å². The van der Waals surface area contributed by atoms with Gasteiger partial charge >= 0.3 is 0 Å². The topological polar surface area (TPSA) is 58.6 Å². The first-order valence-corrected chi connectivity index (χ1v) is 7.09. The predicted octanol–water partition coefficient (Wildman–Crippen LogP) is 2.62. The van der Waals surface area contributed by atoms with E-state index < -0.39 is 5.60 Å². The highest BCUT2D eigenvalue weighted by molar-refractivity contribution is 5.94. The number of ether oxygens (including phenoxy) is 1. The maximum Gasteiger partial charge on any atom is 0.244 e.